The third-order valence-electron chi connectivity index (χ3n) is 2.52. The average Bonchev–Trinajstić information content (AvgIpc) is 2.67. The lowest BCUT2D eigenvalue weighted by Crippen LogP contribution is -1.90. The largest absolute Gasteiger partial charge is 0.106 e. The summed E-state index contributed by atoms with van der Waals surface area (Å²) in [5.41, 5.74) is 1.67. The van der Waals surface area contributed by atoms with Crippen LogP contribution in [0.3, 0.4) is 0 Å². The molecule has 0 aliphatic heterocycles. The van der Waals surface area contributed by atoms with Gasteiger partial charge in [-0.3, -0.25) is 0 Å². The molecule has 1 fully saturated rings. The Balaban J connectivity index is 0.000000281. The molecular formula is C11H16. The van der Waals surface area contributed by atoms with Crippen molar-refractivity contribution < 1.29 is 0 Å². The number of fused-ring (bicyclic) bond motifs is 2. The molecule has 0 spiro atoms. The number of hydrogen-bond acceptors (Lipinski definition) is 0. The van der Waals surface area contributed by atoms with Crippen molar-refractivity contribution in [2.75, 3.05) is 0 Å². The Labute approximate surface area is 69.3 Å². The second-order valence-electron chi connectivity index (χ2n) is 3.05. The summed E-state index contributed by atoms with van der Waals surface area (Å²) in [5.74, 6) is 1.74. The van der Waals surface area contributed by atoms with Gasteiger partial charge in [0.15, 0.2) is 0 Å². The highest BCUT2D eigenvalue weighted by Gasteiger charge is 2.29. The molecule has 0 heterocycles. The van der Waals surface area contributed by atoms with Gasteiger partial charge in [0, 0.05) is 0 Å². The van der Waals surface area contributed by atoms with Crippen molar-refractivity contribution in [3.8, 4) is 0 Å². The maximum atomic E-state index is 3.00. The second-order valence-corrected chi connectivity index (χ2v) is 3.05. The summed E-state index contributed by atoms with van der Waals surface area (Å²) >= 11 is 0. The van der Waals surface area contributed by atoms with E-state index in [0.29, 0.717) is 0 Å². The van der Waals surface area contributed by atoms with Crippen molar-refractivity contribution in [1.82, 2.24) is 0 Å². The van der Waals surface area contributed by atoms with E-state index in [1.807, 2.05) is 0 Å². The maximum absolute atomic E-state index is 3.00. The summed E-state index contributed by atoms with van der Waals surface area (Å²) < 4.78 is 0. The van der Waals surface area contributed by atoms with Crippen molar-refractivity contribution in [2.45, 2.75) is 19.8 Å². The van der Waals surface area contributed by atoms with Gasteiger partial charge in [0.25, 0.3) is 0 Å². The summed E-state index contributed by atoms with van der Waals surface area (Å²) in [6.45, 7) is 8.16. The topological polar surface area (TPSA) is 0 Å². The first-order chi connectivity index (χ1) is 5.40. The van der Waals surface area contributed by atoms with E-state index in [1.165, 1.54) is 12.8 Å². The number of allylic oxidation sites excluding steroid dienone is 4. The summed E-state index contributed by atoms with van der Waals surface area (Å²) in [4.78, 5) is 0. The lowest BCUT2D eigenvalue weighted by atomic mass is 10.0. The molecule has 0 heteroatoms. The van der Waals surface area contributed by atoms with Gasteiger partial charge in [-0.2, -0.15) is 0 Å². The summed E-state index contributed by atoms with van der Waals surface area (Å²) in [5, 5.41) is 0. The van der Waals surface area contributed by atoms with Crippen LogP contribution in [0.5, 0.6) is 0 Å². The molecule has 2 atom stereocenters. The molecule has 1 saturated carbocycles. The van der Waals surface area contributed by atoms with E-state index in [2.05, 4.69) is 38.3 Å². The van der Waals surface area contributed by atoms with Gasteiger partial charge in [0.1, 0.15) is 0 Å². The molecule has 0 aromatic rings. The first-order valence-electron chi connectivity index (χ1n) is 4.23. The molecule has 0 N–H and O–H groups in total. The smallest absolute Gasteiger partial charge is 0.00174 e. The number of rotatable bonds is 0. The van der Waals surface area contributed by atoms with Crippen molar-refractivity contribution in [2.24, 2.45) is 11.8 Å². The SMILES string of the molecule is C/C=C1\CC2C=CC1C2.C=C. The Hall–Kier alpha value is -0.780. The van der Waals surface area contributed by atoms with Gasteiger partial charge in [0.05, 0.1) is 0 Å². The van der Waals surface area contributed by atoms with E-state index in [1.54, 1.807) is 5.57 Å². The Morgan fingerprint density at radius 1 is 1.45 bits per heavy atom. The van der Waals surface area contributed by atoms with Crippen molar-refractivity contribution in [3.63, 3.8) is 0 Å². The van der Waals surface area contributed by atoms with Crippen LogP contribution in [0.25, 0.3) is 0 Å². The molecule has 2 rings (SSSR count). The van der Waals surface area contributed by atoms with Crippen LogP contribution in [0.1, 0.15) is 19.8 Å². The minimum absolute atomic E-state index is 0.833. The van der Waals surface area contributed by atoms with E-state index < -0.39 is 0 Å². The average molecular weight is 148 g/mol. The van der Waals surface area contributed by atoms with Crippen molar-refractivity contribution in [1.29, 1.82) is 0 Å². The Bertz CT molecular complexity index is 186. The molecule has 0 nitrogen and oxygen atoms in total. The van der Waals surface area contributed by atoms with Crippen molar-refractivity contribution >= 4 is 0 Å². The van der Waals surface area contributed by atoms with E-state index in [4.69, 9.17) is 0 Å². The van der Waals surface area contributed by atoms with E-state index in [9.17, 15) is 0 Å². The second kappa shape index (κ2) is 3.56. The van der Waals surface area contributed by atoms with Crippen LogP contribution in [0, 0.1) is 11.8 Å². The molecule has 0 saturated heterocycles. The highest BCUT2D eigenvalue weighted by atomic mass is 14.3. The van der Waals surface area contributed by atoms with E-state index in [-0.39, 0.29) is 0 Å². The van der Waals surface area contributed by atoms with Crippen LogP contribution in [0.2, 0.25) is 0 Å². The molecule has 0 aromatic heterocycles. The zero-order valence-electron chi connectivity index (χ0n) is 7.22. The van der Waals surface area contributed by atoms with Gasteiger partial charge in [-0.15, -0.1) is 13.2 Å². The summed E-state index contributed by atoms with van der Waals surface area (Å²) in [6.07, 6.45) is 9.77. The van der Waals surface area contributed by atoms with Crippen LogP contribution in [-0.2, 0) is 0 Å². The molecule has 2 aliphatic carbocycles. The minimum atomic E-state index is 0.833. The van der Waals surface area contributed by atoms with Gasteiger partial charge in [-0.1, -0.05) is 23.8 Å². The van der Waals surface area contributed by atoms with Gasteiger partial charge in [-0.25, -0.2) is 0 Å². The van der Waals surface area contributed by atoms with Gasteiger partial charge < -0.3 is 0 Å². The van der Waals surface area contributed by atoms with Crippen LogP contribution in [0.15, 0.2) is 37.0 Å². The quantitative estimate of drug-likeness (QED) is 0.462. The molecule has 11 heavy (non-hydrogen) atoms. The normalized spacial score (nSPS) is 35.5. The van der Waals surface area contributed by atoms with Crippen molar-refractivity contribution in [3.05, 3.63) is 37.0 Å². The lowest BCUT2D eigenvalue weighted by Gasteiger charge is -2.05. The molecular weight excluding hydrogens is 132 g/mol. The molecule has 60 valence electrons. The van der Waals surface area contributed by atoms with E-state index >= 15 is 0 Å². The minimum Gasteiger partial charge on any atom is -0.106 e. The summed E-state index contributed by atoms with van der Waals surface area (Å²) in [6, 6.07) is 0. The molecule has 2 unspecified atom stereocenters. The van der Waals surface area contributed by atoms with Crippen LogP contribution in [-0.4, -0.2) is 0 Å². The first kappa shape index (κ1) is 8.32. The van der Waals surface area contributed by atoms with E-state index in [0.717, 1.165) is 11.8 Å². The Morgan fingerprint density at radius 3 is 2.45 bits per heavy atom. The van der Waals surface area contributed by atoms with Crippen LogP contribution < -0.4 is 0 Å². The van der Waals surface area contributed by atoms with Crippen LogP contribution in [0.4, 0.5) is 0 Å². The number of hydrogen-bond donors (Lipinski definition) is 0. The molecule has 0 amide bonds. The molecule has 2 bridgehead atoms. The van der Waals surface area contributed by atoms with Crippen LogP contribution >= 0.6 is 0 Å². The standard InChI is InChI=1S/C9H12.C2H4/c1-2-8-5-7-3-4-9(8)6-7;1-2/h2-4,7,9H,5-6H2,1H3;1-2H2/b8-2+;. The third-order valence-corrected chi connectivity index (χ3v) is 2.52. The van der Waals surface area contributed by atoms with Gasteiger partial charge >= 0.3 is 0 Å². The fourth-order valence-corrected chi connectivity index (χ4v) is 1.99. The zero-order valence-corrected chi connectivity index (χ0v) is 7.22. The maximum Gasteiger partial charge on any atom is -0.00174 e. The molecule has 0 aromatic carbocycles. The monoisotopic (exact) mass is 148 g/mol. The summed E-state index contributed by atoms with van der Waals surface area (Å²) in [7, 11) is 0. The van der Waals surface area contributed by atoms with Gasteiger partial charge in [-0.05, 0) is 31.6 Å². The highest BCUT2D eigenvalue weighted by Crippen LogP contribution is 2.42. The Morgan fingerprint density at radius 2 is 2.18 bits per heavy atom. The molecule has 2 aliphatic rings. The predicted molar refractivity (Wildman–Crippen MR) is 50.4 cm³/mol. The fraction of sp³-hybridized carbons (Fsp3) is 0.455. The fourth-order valence-electron chi connectivity index (χ4n) is 1.99. The van der Waals surface area contributed by atoms with Gasteiger partial charge in [0.2, 0.25) is 0 Å². The zero-order chi connectivity index (χ0) is 8.27. The predicted octanol–water partition coefficient (Wildman–Crippen LogP) is 3.33. The first-order valence-corrected chi connectivity index (χ1v) is 4.23. The highest BCUT2D eigenvalue weighted by molar-refractivity contribution is 5.26. The third kappa shape index (κ3) is 1.45. The lowest BCUT2D eigenvalue weighted by molar-refractivity contribution is 0.693. The Kier molecular flexibility index (Phi) is 2.70. The molecule has 0 radical (unpaired) electrons.